The van der Waals surface area contributed by atoms with Crippen LogP contribution in [0.15, 0.2) is 23.4 Å². The van der Waals surface area contributed by atoms with Crippen LogP contribution < -0.4 is 5.14 Å². The number of nitrogens with zero attached hydrogens (tertiary/aromatic N) is 4. The monoisotopic (exact) mass is 311 g/mol. The summed E-state index contributed by atoms with van der Waals surface area (Å²) in [5, 5.41) is 23.1. The first-order valence-electron chi connectivity index (χ1n) is 5.97. The molecule has 1 heterocycles. The summed E-state index contributed by atoms with van der Waals surface area (Å²) in [6, 6.07) is 4.55. The Labute approximate surface area is 120 Å². The lowest BCUT2D eigenvalue weighted by Crippen LogP contribution is -2.18. The SMILES string of the molecule is CCn1c(-c2c(C)cccc2[N+](=O)[O-])nnc1S(N)(=O)=O. The van der Waals surface area contributed by atoms with Gasteiger partial charge in [0.15, 0.2) is 5.82 Å². The summed E-state index contributed by atoms with van der Waals surface area (Å²) in [6.07, 6.45) is 0. The van der Waals surface area contributed by atoms with Crippen molar-refractivity contribution in [2.24, 2.45) is 5.14 Å². The van der Waals surface area contributed by atoms with E-state index in [-0.39, 0.29) is 23.6 Å². The molecule has 0 saturated heterocycles. The van der Waals surface area contributed by atoms with Crippen LogP contribution in [-0.4, -0.2) is 28.1 Å². The number of hydrogen-bond donors (Lipinski definition) is 1. The first kappa shape index (κ1) is 15.1. The molecule has 1 aromatic heterocycles. The number of sulfonamides is 1. The Bertz CT molecular complexity index is 812. The first-order valence-corrected chi connectivity index (χ1v) is 7.52. The Hall–Kier alpha value is -2.33. The van der Waals surface area contributed by atoms with Gasteiger partial charge in [-0.05, 0) is 19.4 Å². The fourth-order valence-corrected chi connectivity index (χ4v) is 2.74. The van der Waals surface area contributed by atoms with Gasteiger partial charge in [-0.2, -0.15) is 0 Å². The van der Waals surface area contributed by atoms with Gasteiger partial charge >= 0.3 is 0 Å². The molecule has 0 saturated carbocycles. The van der Waals surface area contributed by atoms with E-state index < -0.39 is 20.1 Å². The highest BCUT2D eigenvalue weighted by Crippen LogP contribution is 2.32. The average Bonchev–Trinajstić information content (AvgIpc) is 2.81. The van der Waals surface area contributed by atoms with E-state index in [0.717, 1.165) is 0 Å². The van der Waals surface area contributed by atoms with Gasteiger partial charge in [0.1, 0.15) is 0 Å². The van der Waals surface area contributed by atoms with Crippen LogP contribution >= 0.6 is 0 Å². The zero-order valence-corrected chi connectivity index (χ0v) is 12.2. The Morgan fingerprint density at radius 1 is 1.38 bits per heavy atom. The summed E-state index contributed by atoms with van der Waals surface area (Å²) in [7, 11) is -4.06. The van der Waals surface area contributed by atoms with Crippen molar-refractivity contribution in [1.82, 2.24) is 14.8 Å². The van der Waals surface area contributed by atoms with E-state index in [1.807, 2.05) is 0 Å². The van der Waals surface area contributed by atoms with Crippen LogP contribution in [0.1, 0.15) is 12.5 Å². The molecule has 0 aliphatic rings. The van der Waals surface area contributed by atoms with Crippen molar-refractivity contribution in [3.05, 3.63) is 33.9 Å². The van der Waals surface area contributed by atoms with E-state index >= 15 is 0 Å². The smallest absolute Gasteiger partial charge is 0.280 e. The third-order valence-electron chi connectivity index (χ3n) is 2.96. The van der Waals surface area contributed by atoms with E-state index in [4.69, 9.17) is 5.14 Å². The van der Waals surface area contributed by atoms with Gasteiger partial charge in [-0.15, -0.1) is 10.2 Å². The van der Waals surface area contributed by atoms with E-state index in [2.05, 4.69) is 10.2 Å². The molecule has 0 unspecified atom stereocenters. The maximum absolute atomic E-state index is 11.5. The maximum atomic E-state index is 11.5. The second-order valence-electron chi connectivity index (χ2n) is 4.32. The zero-order valence-electron chi connectivity index (χ0n) is 11.3. The van der Waals surface area contributed by atoms with Crippen molar-refractivity contribution < 1.29 is 13.3 Å². The van der Waals surface area contributed by atoms with E-state index in [9.17, 15) is 18.5 Å². The molecular weight excluding hydrogens is 298 g/mol. The number of aromatic nitrogens is 3. The highest BCUT2D eigenvalue weighted by atomic mass is 32.2. The van der Waals surface area contributed by atoms with Gasteiger partial charge in [0.05, 0.1) is 10.5 Å². The minimum atomic E-state index is -4.06. The van der Waals surface area contributed by atoms with Crippen LogP contribution in [-0.2, 0) is 16.6 Å². The standard InChI is InChI=1S/C11H13N5O4S/c1-3-15-10(13-14-11(15)21(12,19)20)9-7(2)5-4-6-8(9)16(17)18/h4-6H,3H2,1-2H3,(H2,12,19,20). The minimum absolute atomic E-state index is 0.103. The molecule has 2 aromatic rings. The number of nitro benzene ring substituents is 1. The predicted octanol–water partition coefficient (Wildman–Crippen LogP) is 0.829. The summed E-state index contributed by atoms with van der Waals surface area (Å²) in [6.45, 7) is 3.55. The summed E-state index contributed by atoms with van der Waals surface area (Å²) in [5.41, 5.74) is 0.650. The molecule has 0 fully saturated rings. The van der Waals surface area contributed by atoms with Crippen molar-refractivity contribution in [2.75, 3.05) is 0 Å². The molecule has 0 atom stereocenters. The second-order valence-corrected chi connectivity index (χ2v) is 5.78. The third kappa shape index (κ3) is 2.62. The van der Waals surface area contributed by atoms with Gasteiger partial charge in [0.25, 0.3) is 20.9 Å². The number of aryl methyl sites for hydroxylation is 1. The Morgan fingerprint density at radius 2 is 2.05 bits per heavy atom. The van der Waals surface area contributed by atoms with Crippen LogP contribution in [0.5, 0.6) is 0 Å². The molecule has 112 valence electrons. The van der Waals surface area contributed by atoms with Crippen LogP contribution in [0.25, 0.3) is 11.4 Å². The summed E-state index contributed by atoms with van der Waals surface area (Å²) >= 11 is 0. The van der Waals surface area contributed by atoms with Crippen LogP contribution in [0.3, 0.4) is 0 Å². The number of primary sulfonamides is 1. The zero-order chi connectivity index (χ0) is 15.8. The molecule has 0 radical (unpaired) electrons. The average molecular weight is 311 g/mol. The minimum Gasteiger partial charge on any atom is -0.297 e. The van der Waals surface area contributed by atoms with Gasteiger partial charge in [-0.1, -0.05) is 12.1 Å². The van der Waals surface area contributed by atoms with Crippen molar-refractivity contribution in [2.45, 2.75) is 25.5 Å². The molecule has 0 bridgehead atoms. The molecule has 9 nitrogen and oxygen atoms in total. The predicted molar refractivity (Wildman–Crippen MR) is 73.9 cm³/mol. The van der Waals surface area contributed by atoms with Crippen LogP contribution in [0.4, 0.5) is 5.69 Å². The Morgan fingerprint density at radius 3 is 2.57 bits per heavy atom. The Balaban J connectivity index is 2.81. The van der Waals surface area contributed by atoms with Crippen molar-refractivity contribution >= 4 is 15.7 Å². The number of hydrogen-bond acceptors (Lipinski definition) is 6. The van der Waals surface area contributed by atoms with E-state index in [1.54, 1.807) is 26.0 Å². The van der Waals surface area contributed by atoms with Crippen molar-refractivity contribution in [3.8, 4) is 11.4 Å². The van der Waals surface area contributed by atoms with E-state index in [0.29, 0.717) is 5.56 Å². The third-order valence-corrected chi connectivity index (χ3v) is 3.77. The molecule has 21 heavy (non-hydrogen) atoms. The number of benzene rings is 1. The van der Waals surface area contributed by atoms with Gasteiger partial charge in [-0.25, -0.2) is 13.6 Å². The number of nitro groups is 1. The normalized spacial score (nSPS) is 11.6. The molecule has 1 aromatic carbocycles. The van der Waals surface area contributed by atoms with Gasteiger partial charge in [0.2, 0.25) is 0 Å². The summed E-state index contributed by atoms with van der Waals surface area (Å²) < 4.78 is 24.2. The van der Waals surface area contributed by atoms with Gasteiger partial charge in [-0.3, -0.25) is 14.7 Å². The summed E-state index contributed by atoms with van der Waals surface area (Å²) in [5.74, 6) is 0.103. The highest BCUT2D eigenvalue weighted by molar-refractivity contribution is 7.89. The second kappa shape index (κ2) is 5.22. The van der Waals surface area contributed by atoms with Crippen molar-refractivity contribution in [1.29, 1.82) is 0 Å². The maximum Gasteiger partial charge on any atom is 0.280 e. The number of nitrogens with two attached hydrogens (primary N) is 1. The van der Waals surface area contributed by atoms with Crippen LogP contribution in [0.2, 0.25) is 0 Å². The van der Waals surface area contributed by atoms with Gasteiger partial charge in [0, 0.05) is 12.6 Å². The lowest BCUT2D eigenvalue weighted by atomic mass is 10.1. The highest BCUT2D eigenvalue weighted by Gasteiger charge is 2.26. The van der Waals surface area contributed by atoms with Gasteiger partial charge < -0.3 is 0 Å². The van der Waals surface area contributed by atoms with Crippen LogP contribution in [0, 0.1) is 17.0 Å². The molecule has 0 amide bonds. The molecule has 2 N–H and O–H groups in total. The number of rotatable bonds is 4. The molecular formula is C11H13N5O4S. The topological polar surface area (TPSA) is 134 Å². The molecule has 0 aliphatic heterocycles. The lowest BCUT2D eigenvalue weighted by molar-refractivity contribution is -0.384. The molecule has 0 aliphatic carbocycles. The van der Waals surface area contributed by atoms with Crippen molar-refractivity contribution in [3.63, 3.8) is 0 Å². The quantitative estimate of drug-likeness (QED) is 0.656. The first-order chi connectivity index (χ1) is 9.77. The molecule has 10 heteroatoms. The lowest BCUT2D eigenvalue weighted by Gasteiger charge is -2.08. The Kier molecular flexibility index (Phi) is 3.75. The fraction of sp³-hybridized carbons (Fsp3) is 0.273. The molecule has 0 spiro atoms. The summed E-state index contributed by atoms with van der Waals surface area (Å²) in [4.78, 5) is 10.6. The van der Waals surface area contributed by atoms with E-state index in [1.165, 1.54) is 10.6 Å². The molecule has 2 rings (SSSR count). The fourth-order valence-electron chi connectivity index (χ4n) is 2.06. The largest absolute Gasteiger partial charge is 0.297 e.